The first-order valence-electron chi connectivity index (χ1n) is 11.3. The molecule has 2 aromatic carbocycles. The van der Waals surface area contributed by atoms with Crippen LogP contribution in [0.5, 0.6) is 5.75 Å². The Balaban J connectivity index is 1.53. The maximum atomic E-state index is 14.5. The summed E-state index contributed by atoms with van der Waals surface area (Å²) in [5.74, 6) is -0.806. The number of carboxylic acid groups (broad SMARTS) is 1. The van der Waals surface area contributed by atoms with Crippen LogP contribution < -0.4 is 4.74 Å². The summed E-state index contributed by atoms with van der Waals surface area (Å²) in [6.45, 7) is 2.77. The van der Waals surface area contributed by atoms with E-state index in [0.717, 1.165) is 11.1 Å². The third kappa shape index (κ3) is 5.66. The Morgan fingerprint density at radius 1 is 1.17 bits per heavy atom. The third-order valence-corrected chi connectivity index (χ3v) is 5.91. The van der Waals surface area contributed by atoms with Crippen molar-refractivity contribution in [3.8, 4) is 17.1 Å². The molecule has 1 unspecified atom stereocenters. The molecule has 1 N–H and O–H groups in total. The van der Waals surface area contributed by atoms with Gasteiger partial charge < -0.3 is 19.1 Å². The highest BCUT2D eigenvalue weighted by atomic mass is 19.1. The van der Waals surface area contributed by atoms with Gasteiger partial charge in [0.2, 0.25) is 5.82 Å². The van der Waals surface area contributed by atoms with Crippen molar-refractivity contribution in [3.05, 3.63) is 78.0 Å². The number of aromatic nitrogens is 2. The molecule has 0 saturated carbocycles. The molecule has 0 bridgehead atoms. The smallest absolute Gasteiger partial charge is 0.303 e. The average molecular weight is 479 g/mol. The van der Waals surface area contributed by atoms with Crippen molar-refractivity contribution in [3.63, 3.8) is 0 Å². The van der Waals surface area contributed by atoms with Crippen molar-refractivity contribution in [1.29, 1.82) is 0 Å². The number of allylic oxidation sites excluding steroid dienone is 3. The number of halogens is 1. The predicted molar refractivity (Wildman–Crippen MR) is 129 cm³/mol. The monoisotopic (exact) mass is 478 g/mol. The van der Waals surface area contributed by atoms with E-state index in [1.807, 2.05) is 24.3 Å². The fourth-order valence-corrected chi connectivity index (χ4v) is 4.25. The normalized spacial score (nSPS) is 17.6. The quantitative estimate of drug-likeness (QED) is 0.377. The summed E-state index contributed by atoms with van der Waals surface area (Å²) in [5, 5.41) is 12.7. The van der Waals surface area contributed by atoms with Crippen LogP contribution in [-0.2, 0) is 9.53 Å². The van der Waals surface area contributed by atoms with Gasteiger partial charge in [0, 0.05) is 30.1 Å². The number of methoxy groups -OCH3 is 1. The topological polar surface area (TPSA) is 94.7 Å². The fraction of sp³-hybridized carbons (Fsp3) is 0.296. The van der Waals surface area contributed by atoms with Crippen molar-refractivity contribution < 1.29 is 28.3 Å². The molecule has 0 radical (unpaired) electrons. The summed E-state index contributed by atoms with van der Waals surface area (Å²) >= 11 is 0. The van der Waals surface area contributed by atoms with Crippen molar-refractivity contribution in [2.75, 3.05) is 20.3 Å². The molecule has 1 heterocycles. The van der Waals surface area contributed by atoms with Crippen LogP contribution in [0.4, 0.5) is 4.39 Å². The van der Waals surface area contributed by atoms with Gasteiger partial charge in [0.1, 0.15) is 0 Å². The third-order valence-electron chi connectivity index (χ3n) is 5.91. The molecule has 0 aliphatic heterocycles. The molecule has 0 spiro atoms. The molecule has 0 saturated heterocycles. The molecule has 4 rings (SSSR count). The number of aliphatic carboxylic acids is 1. The lowest BCUT2D eigenvalue weighted by molar-refractivity contribution is -0.137. The number of rotatable bonds is 10. The average Bonchev–Trinajstić information content (AvgIpc) is 3.33. The van der Waals surface area contributed by atoms with Crippen LogP contribution in [-0.4, -0.2) is 41.5 Å². The number of nitrogens with zero attached hydrogens (tertiary/aromatic N) is 2. The highest BCUT2D eigenvalue weighted by Gasteiger charge is 2.35. The summed E-state index contributed by atoms with van der Waals surface area (Å²) < 4.78 is 30.9. The van der Waals surface area contributed by atoms with Crippen LogP contribution in [0.3, 0.4) is 0 Å². The largest absolute Gasteiger partial charge is 0.491 e. The van der Waals surface area contributed by atoms with Crippen molar-refractivity contribution in [1.82, 2.24) is 10.1 Å². The first-order valence-corrected chi connectivity index (χ1v) is 11.3. The second-order valence-corrected chi connectivity index (χ2v) is 8.72. The Morgan fingerprint density at radius 3 is 2.69 bits per heavy atom. The Bertz CT molecular complexity index is 1250. The van der Waals surface area contributed by atoms with Crippen LogP contribution in [0.25, 0.3) is 22.5 Å². The zero-order valence-electron chi connectivity index (χ0n) is 19.7. The Morgan fingerprint density at radius 2 is 1.97 bits per heavy atom. The second-order valence-electron chi connectivity index (χ2n) is 8.72. The van der Waals surface area contributed by atoms with Crippen molar-refractivity contribution in [2.24, 2.45) is 5.41 Å². The van der Waals surface area contributed by atoms with Gasteiger partial charge >= 0.3 is 5.97 Å². The van der Waals surface area contributed by atoms with E-state index in [-0.39, 0.29) is 30.0 Å². The van der Waals surface area contributed by atoms with Gasteiger partial charge in [-0.25, -0.2) is 4.39 Å². The Labute approximate surface area is 202 Å². The van der Waals surface area contributed by atoms with Crippen molar-refractivity contribution >= 4 is 17.1 Å². The lowest BCUT2D eigenvalue weighted by Gasteiger charge is -2.34. The van der Waals surface area contributed by atoms with Crippen LogP contribution in [0.2, 0.25) is 0 Å². The van der Waals surface area contributed by atoms with Gasteiger partial charge in [0.25, 0.3) is 5.89 Å². The summed E-state index contributed by atoms with van der Waals surface area (Å²) in [6, 6.07) is 14.6. The van der Waals surface area contributed by atoms with Gasteiger partial charge in [0.05, 0.1) is 13.2 Å². The molecule has 0 amide bonds. The maximum absolute atomic E-state index is 14.5. The second kappa shape index (κ2) is 10.7. The molecular formula is C27H27FN2O5. The van der Waals surface area contributed by atoms with E-state index in [1.54, 1.807) is 13.2 Å². The van der Waals surface area contributed by atoms with Crippen LogP contribution in [0, 0.1) is 11.2 Å². The number of carbonyl (C=O) groups is 1. The first kappa shape index (κ1) is 24.3. The molecule has 1 aromatic heterocycles. The molecule has 7 nitrogen and oxygen atoms in total. The summed E-state index contributed by atoms with van der Waals surface area (Å²) in [6.07, 6.45) is 4.94. The van der Waals surface area contributed by atoms with E-state index in [9.17, 15) is 9.18 Å². The summed E-state index contributed by atoms with van der Waals surface area (Å²) in [4.78, 5) is 15.1. The molecule has 0 fully saturated rings. The SMILES string of the molecule is COCC1(C)CC(c2nc(-c3ccc(OCCCC(=O)O)c(F)c3)no2)=CC=C1c1ccccc1. The highest BCUT2D eigenvalue weighted by molar-refractivity contribution is 5.80. The number of carboxylic acids is 1. The van der Waals surface area contributed by atoms with E-state index in [2.05, 4.69) is 35.3 Å². The lowest BCUT2D eigenvalue weighted by atomic mass is 9.71. The van der Waals surface area contributed by atoms with Gasteiger partial charge in [-0.15, -0.1) is 0 Å². The zero-order valence-corrected chi connectivity index (χ0v) is 19.7. The molecule has 8 heteroatoms. The summed E-state index contributed by atoms with van der Waals surface area (Å²) in [7, 11) is 1.69. The van der Waals surface area contributed by atoms with Gasteiger partial charge in [-0.05, 0) is 42.2 Å². The molecular weight excluding hydrogens is 451 g/mol. The number of hydrogen-bond acceptors (Lipinski definition) is 6. The maximum Gasteiger partial charge on any atom is 0.303 e. The highest BCUT2D eigenvalue weighted by Crippen LogP contribution is 2.45. The van der Waals surface area contributed by atoms with Gasteiger partial charge in [-0.2, -0.15) is 4.98 Å². The molecule has 1 aliphatic rings. The van der Waals surface area contributed by atoms with Gasteiger partial charge in [-0.1, -0.05) is 54.6 Å². The number of benzene rings is 2. The van der Waals surface area contributed by atoms with Crippen molar-refractivity contribution in [2.45, 2.75) is 26.2 Å². The van der Waals surface area contributed by atoms with E-state index < -0.39 is 11.8 Å². The lowest BCUT2D eigenvalue weighted by Crippen LogP contribution is -2.27. The number of hydrogen-bond donors (Lipinski definition) is 1. The minimum Gasteiger partial charge on any atom is -0.491 e. The summed E-state index contributed by atoms with van der Waals surface area (Å²) in [5.41, 5.74) is 3.34. The Kier molecular flexibility index (Phi) is 7.41. The molecule has 3 aromatic rings. The van der Waals surface area contributed by atoms with E-state index >= 15 is 0 Å². The fourth-order valence-electron chi connectivity index (χ4n) is 4.25. The molecule has 35 heavy (non-hydrogen) atoms. The minimum atomic E-state index is -0.917. The van der Waals surface area contributed by atoms with E-state index in [1.165, 1.54) is 17.7 Å². The molecule has 182 valence electrons. The van der Waals surface area contributed by atoms with Crippen LogP contribution >= 0.6 is 0 Å². The van der Waals surface area contributed by atoms with E-state index in [0.29, 0.717) is 30.9 Å². The van der Waals surface area contributed by atoms with E-state index in [4.69, 9.17) is 19.1 Å². The van der Waals surface area contributed by atoms with Crippen LogP contribution in [0.15, 0.2) is 65.2 Å². The standard InChI is InChI=1S/C27H27FN2O5/c1-27(17-33-2)16-20(10-12-21(27)18-7-4-3-5-8-18)26-29-25(30-35-26)19-11-13-23(22(28)15-19)34-14-6-9-24(31)32/h3-5,7-8,10-13,15H,6,9,14,16-17H2,1-2H3,(H,31,32). The number of ether oxygens (including phenoxy) is 2. The molecule has 1 atom stereocenters. The Hall–Kier alpha value is -3.78. The first-order chi connectivity index (χ1) is 16.9. The van der Waals surface area contributed by atoms with Gasteiger partial charge in [0.15, 0.2) is 11.6 Å². The van der Waals surface area contributed by atoms with Crippen LogP contribution in [0.1, 0.15) is 37.6 Å². The minimum absolute atomic E-state index is 0.0351. The molecule has 1 aliphatic carbocycles. The zero-order chi connectivity index (χ0) is 24.8. The van der Waals surface area contributed by atoms with Gasteiger partial charge in [-0.3, -0.25) is 4.79 Å². The predicted octanol–water partition coefficient (Wildman–Crippen LogP) is 5.64.